The van der Waals surface area contributed by atoms with Gasteiger partial charge < -0.3 is 15.4 Å². The van der Waals surface area contributed by atoms with Crippen LogP contribution in [0.25, 0.3) is 0 Å². The number of carbonyl (C=O) groups excluding carboxylic acids is 1. The van der Waals surface area contributed by atoms with Crippen molar-refractivity contribution < 1.29 is 9.53 Å². The van der Waals surface area contributed by atoms with Gasteiger partial charge in [-0.2, -0.15) is 0 Å². The standard InChI is InChI=1S/C16H26N2O2/c1-12(16(2,3)4)10-17-11-15(19)18-13-8-6-7-9-14(13)20-5/h6-9,12,17H,10-11H2,1-5H3,(H,18,19). The zero-order chi connectivity index (χ0) is 15.2. The summed E-state index contributed by atoms with van der Waals surface area (Å²) < 4.78 is 5.20. The van der Waals surface area contributed by atoms with Crippen molar-refractivity contribution in [2.24, 2.45) is 11.3 Å². The van der Waals surface area contributed by atoms with Crippen LogP contribution in [0.5, 0.6) is 5.75 Å². The Kier molecular flexibility index (Phi) is 6.02. The molecule has 4 nitrogen and oxygen atoms in total. The second-order valence-corrected chi connectivity index (χ2v) is 6.15. The summed E-state index contributed by atoms with van der Waals surface area (Å²) in [7, 11) is 1.59. The molecule has 1 aromatic rings. The molecule has 1 aromatic carbocycles. The Morgan fingerprint density at radius 3 is 2.55 bits per heavy atom. The fourth-order valence-corrected chi connectivity index (χ4v) is 1.65. The molecule has 0 fully saturated rings. The van der Waals surface area contributed by atoms with Gasteiger partial charge in [-0.15, -0.1) is 0 Å². The van der Waals surface area contributed by atoms with E-state index in [4.69, 9.17) is 4.74 Å². The van der Waals surface area contributed by atoms with Crippen molar-refractivity contribution in [2.75, 3.05) is 25.5 Å². The van der Waals surface area contributed by atoms with Gasteiger partial charge in [0.1, 0.15) is 5.75 Å². The van der Waals surface area contributed by atoms with Crippen molar-refractivity contribution in [3.05, 3.63) is 24.3 Å². The molecular formula is C16H26N2O2. The van der Waals surface area contributed by atoms with Crippen LogP contribution in [0.4, 0.5) is 5.69 Å². The summed E-state index contributed by atoms with van der Waals surface area (Å²) >= 11 is 0. The molecule has 1 atom stereocenters. The fraction of sp³-hybridized carbons (Fsp3) is 0.562. The molecule has 0 aliphatic heterocycles. The van der Waals surface area contributed by atoms with Crippen LogP contribution in [0.2, 0.25) is 0 Å². The highest BCUT2D eigenvalue weighted by atomic mass is 16.5. The summed E-state index contributed by atoms with van der Waals surface area (Å²) in [4.78, 5) is 11.9. The minimum Gasteiger partial charge on any atom is -0.495 e. The minimum absolute atomic E-state index is 0.0596. The number of hydrogen-bond acceptors (Lipinski definition) is 3. The normalized spacial score (nSPS) is 12.8. The quantitative estimate of drug-likeness (QED) is 0.841. The Balaban J connectivity index is 2.41. The van der Waals surface area contributed by atoms with Crippen LogP contribution in [0.1, 0.15) is 27.7 Å². The number of nitrogens with one attached hydrogen (secondary N) is 2. The molecule has 1 rings (SSSR count). The lowest BCUT2D eigenvalue weighted by Crippen LogP contribution is -2.35. The van der Waals surface area contributed by atoms with Gasteiger partial charge in [0.05, 0.1) is 19.3 Å². The van der Waals surface area contributed by atoms with Crippen LogP contribution in [0.3, 0.4) is 0 Å². The maximum absolute atomic E-state index is 11.9. The van der Waals surface area contributed by atoms with Gasteiger partial charge in [0.2, 0.25) is 5.91 Å². The molecule has 4 heteroatoms. The van der Waals surface area contributed by atoms with Gasteiger partial charge in [0, 0.05) is 0 Å². The maximum atomic E-state index is 11.9. The smallest absolute Gasteiger partial charge is 0.238 e. The monoisotopic (exact) mass is 278 g/mol. The second kappa shape index (κ2) is 7.29. The third-order valence-electron chi connectivity index (χ3n) is 3.60. The molecule has 0 aliphatic rings. The van der Waals surface area contributed by atoms with Gasteiger partial charge >= 0.3 is 0 Å². The van der Waals surface area contributed by atoms with Gasteiger partial charge in [0.15, 0.2) is 0 Å². The number of carbonyl (C=O) groups is 1. The number of amides is 1. The molecule has 0 saturated heterocycles. The first kappa shape index (κ1) is 16.5. The summed E-state index contributed by atoms with van der Waals surface area (Å²) in [5.41, 5.74) is 0.942. The highest BCUT2D eigenvalue weighted by Gasteiger charge is 2.19. The molecular weight excluding hydrogens is 252 g/mol. The average Bonchev–Trinajstić information content (AvgIpc) is 2.38. The topological polar surface area (TPSA) is 50.4 Å². The molecule has 0 aromatic heterocycles. The first-order valence-corrected chi connectivity index (χ1v) is 6.98. The van der Waals surface area contributed by atoms with E-state index in [1.165, 1.54) is 0 Å². The van der Waals surface area contributed by atoms with E-state index in [1.54, 1.807) is 7.11 Å². The predicted octanol–water partition coefficient (Wildman–Crippen LogP) is 2.91. The van der Waals surface area contributed by atoms with Crippen molar-refractivity contribution in [2.45, 2.75) is 27.7 Å². The lowest BCUT2D eigenvalue weighted by Gasteiger charge is -2.27. The number of hydrogen-bond donors (Lipinski definition) is 2. The van der Waals surface area contributed by atoms with Gasteiger partial charge in [0.25, 0.3) is 0 Å². The number of rotatable bonds is 6. The zero-order valence-corrected chi connectivity index (χ0v) is 13.1. The van der Waals surface area contributed by atoms with E-state index in [1.807, 2.05) is 24.3 Å². The van der Waals surface area contributed by atoms with Crippen LogP contribution >= 0.6 is 0 Å². The van der Waals surface area contributed by atoms with E-state index < -0.39 is 0 Å². The molecule has 1 amide bonds. The van der Waals surface area contributed by atoms with E-state index in [0.717, 1.165) is 6.54 Å². The van der Waals surface area contributed by atoms with Gasteiger partial charge in [-0.05, 0) is 30.0 Å². The molecule has 112 valence electrons. The molecule has 0 heterocycles. The summed E-state index contributed by atoms with van der Waals surface area (Å²) in [5, 5.41) is 6.04. The van der Waals surface area contributed by atoms with E-state index in [9.17, 15) is 4.79 Å². The second-order valence-electron chi connectivity index (χ2n) is 6.15. The van der Waals surface area contributed by atoms with E-state index in [2.05, 4.69) is 38.3 Å². The van der Waals surface area contributed by atoms with Crippen molar-refractivity contribution >= 4 is 11.6 Å². The zero-order valence-electron chi connectivity index (χ0n) is 13.1. The number of benzene rings is 1. The number of ether oxygens (including phenoxy) is 1. The van der Waals surface area contributed by atoms with Gasteiger partial charge in [-0.25, -0.2) is 0 Å². The van der Waals surface area contributed by atoms with Crippen LogP contribution in [-0.4, -0.2) is 26.1 Å². The Bertz CT molecular complexity index is 438. The molecule has 0 radical (unpaired) electrons. The summed E-state index contributed by atoms with van der Waals surface area (Å²) in [6, 6.07) is 7.39. The first-order valence-electron chi connectivity index (χ1n) is 6.98. The van der Waals surface area contributed by atoms with Crippen molar-refractivity contribution in [1.29, 1.82) is 0 Å². The summed E-state index contributed by atoms with van der Waals surface area (Å²) in [6.07, 6.45) is 0. The number of para-hydroxylation sites is 2. The van der Waals surface area contributed by atoms with Crippen LogP contribution < -0.4 is 15.4 Å². The Labute approximate surface area is 121 Å². The lowest BCUT2D eigenvalue weighted by molar-refractivity contribution is -0.115. The van der Waals surface area contributed by atoms with Crippen molar-refractivity contribution in [3.8, 4) is 5.75 Å². The van der Waals surface area contributed by atoms with Crippen molar-refractivity contribution in [3.63, 3.8) is 0 Å². The third kappa shape index (κ3) is 5.21. The summed E-state index contributed by atoms with van der Waals surface area (Å²) in [6.45, 7) is 9.92. The third-order valence-corrected chi connectivity index (χ3v) is 3.60. The van der Waals surface area contributed by atoms with E-state index in [-0.39, 0.29) is 11.3 Å². The Morgan fingerprint density at radius 1 is 1.30 bits per heavy atom. The molecule has 2 N–H and O–H groups in total. The largest absolute Gasteiger partial charge is 0.495 e. The molecule has 20 heavy (non-hydrogen) atoms. The highest BCUT2D eigenvalue weighted by molar-refractivity contribution is 5.93. The molecule has 1 unspecified atom stereocenters. The van der Waals surface area contributed by atoms with Crippen LogP contribution in [0, 0.1) is 11.3 Å². The van der Waals surface area contributed by atoms with E-state index in [0.29, 0.717) is 23.9 Å². The van der Waals surface area contributed by atoms with Crippen LogP contribution in [0.15, 0.2) is 24.3 Å². The molecule has 0 bridgehead atoms. The van der Waals surface area contributed by atoms with Gasteiger partial charge in [-0.3, -0.25) is 4.79 Å². The SMILES string of the molecule is COc1ccccc1NC(=O)CNCC(C)C(C)(C)C. The lowest BCUT2D eigenvalue weighted by atomic mass is 9.82. The van der Waals surface area contributed by atoms with E-state index >= 15 is 0 Å². The highest BCUT2D eigenvalue weighted by Crippen LogP contribution is 2.24. The molecule has 0 saturated carbocycles. The number of methoxy groups -OCH3 is 1. The van der Waals surface area contributed by atoms with Crippen molar-refractivity contribution in [1.82, 2.24) is 5.32 Å². The minimum atomic E-state index is -0.0596. The first-order chi connectivity index (χ1) is 9.34. The average molecular weight is 278 g/mol. The van der Waals surface area contributed by atoms with Crippen LogP contribution in [-0.2, 0) is 4.79 Å². The molecule has 0 spiro atoms. The Hall–Kier alpha value is -1.55. The Morgan fingerprint density at radius 2 is 1.95 bits per heavy atom. The molecule has 0 aliphatic carbocycles. The number of anilines is 1. The maximum Gasteiger partial charge on any atom is 0.238 e. The fourth-order valence-electron chi connectivity index (χ4n) is 1.65. The predicted molar refractivity (Wildman–Crippen MR) is 83.1 cm³/mol. The summed E-state index contributed by atoms with van der Waals surface area (Å²) in [5.74, 6) is 1.11. The van der Waals surface area contributed by atoms with Gasteiger partial charge in [-0.1, -0.05) is 39.8 Å².